The normalized spacial score (nSPS) is 10.9. The van der Waals surface area contributed by atoms with Crippen LogP contribution in [0.3, 0.4) is 0 Å². The number of carbonyl (C=O) groups excluding carboxylic acids is 1. The van der Waals surface area contributed by atoms with Crippen LogP contribution in [0, 0.1) is 5.92 Å². The molecule has 0 atom stereocenters. The Morgan fingerprint density at radius 2 is 2.20 bits per heavy atom. The molecule has 0 amide bonds. The second-order valence-electron chi connectivity index (χ2n) is 4.43. The van der Waals surface area contributed by atoms with Gasteiger partial charge in [-0.3, -0.25) is 4.79 Å². The van der Waals surface area contributed by atoms with E-state index in [4.69, 9.17) is 0 Å². The maximum absolute atomic E-state index is 11.5. The summed E-state index contributed by atoms with van der Waals surface area (Å²) < 4.78 is 1.97. The highest BCUT2D eigenvalue weighted by molar-refractivity contribution is 5.78. The summed E-state index contributed by atoms with van der Waals surface area (Å²) in [5.41, 5.74) is 0. The summed E-state index contributed by atoms with van der Waals surface area (Å²) in [5.74, 6) is 1.96. The molecule has 1 aromatic rings. The van der Waals surface area contributed by atoms with Crippen molar-refractivity contribution in [2.24, 2.45) is 13.0 Å². The molecule has 1 aromatic heterocycles. The van der Waals surface area contributed by atoms with Gasteiger partial charge in [-0.25, -0.2) is 4.98 Å². The third-order valence-corrected chi connectivity index (χ3v) is 2.55. The standard InChI is InChI=1S/C12H20N2O/c1-10(2)4-5-11(15)6-7-12-13-8-9-14(12)3/h8-10H,4-7H2,1-3H3. The quantitative estimate of drug-likeness (QED) is 0.719. The molecule has 15 heavy (non-hydrogen) atoms. The minimum atomic E-state index is 0.353. The lowest BCUT2D eigenvalue weighted by molar-refractivity contribution is -0.119. The van der Waals surface area contributed by atoms with Crippen LogP contribution in [0.25, 0.3) is 0 Å². The lowest BCUT2D eigenvalue weighted by atomic mass is 10.0. The van der Waals surface area contributed by atoms with Gasteiger partial charge in [-0.1, -0.05) is 13.8 Å². The number of hydrogen-bond acceptors (Lipinski definition) is 2. The first-order chi connectivity index (χ1) is 7.09. The molecule has 0 saturated carbocycles. The average molecular weight is 208 g/mol. The van der Waals surface area contributed by atoms with Gasteiger partial charge >= 0.3 is 0 Å². The summed E-state index contributed by atoms with van der Waals surface area (Å²) in [7, 11) is 1.96. The van der Waals surface area contributed by atoms with Crippen LogP contribution in [0.2, 0.25) is 0 Å². The second-order valence-corrected chi connectivity index (χ2v) is 4.43. The van der Waals surface area contributed by atoms with Gasteiger partial charge < -0.3 is 4.57 Å². The van der Waals surface area contributed by atoms with Crippen molar-refractivity contribution in [2.75, 3.05) is 0 Å². The van der Waals surface area contributed by atoms with Gasteiger partial charge in [-0.2, -0.15) is 0 Å². The van der Waals surface area contributed by atoms with Crippen LogP contribution in [0.1, 0.15) is 38.9 Å². The molecule has 0 aliphatic rings. The number of aryl methyl sites for hydroxylation is 2. The Hall–Kier alpha value is -1.12. The van der Waals surface area contributed by atoms with Crippen LogP contribution in [-0.4, -0.2) is 15.3 Å². The molecule has 0 radical (unpaired) electrons. The predicted octanol–water partition coefficient (Wildman–Crippen LogP) is 2.36. The number of nitrogens with zero attached hydrogens (tertiary/aromatic N) is 2. The Balaban J connectivity index is 2.26. The van der Waals surface area contributed by atoms with E-state index < -0.39 is 0 Å². The second kappa shape index (κ2) is 5.69. The highest BCUT2D eigenvalue weighted by atomic mass is 16.1. The van der Waals surface area contributed by atoms with Crippen molar-refractivity contribution in [1.82, 2.24) is 9.55 Å². The third kappa shape index (κ3) is 4.28. The van der Waals surface area contributed by atoms with E-state index >= 15 is 0 Å². The number of hydrogen-bond donors (Lipinski definition) is 0. The zero-order valence-corrected chi connectivity index (χ0v) is 9.86. The van der Waals surface area contributed by atoms with E-state index in [9.17, 15) is 4.79 Å². The van der Waals surface area contributed by atoms with E-state index in [1.807, 2.05) is 17.8 Å². The summed E-state index contributed by atoms with van der Waals surface area (Å²) in [6.07, 6.45) is 6.78. The fourth-order valence-electron chi connectivity index (χ4n) is 1.46. The Morgan fingerprint density at radius 3 is 2.73 bits per heavy atom. The zero-order chi connectivity index (χ0) is 11.3. The minimum absolute atomic E-state index is 0.353. The molecule has 0 aliphatic heterocycles. The molecular formula is C12H20N2O. The molecule has 0 unspecified atom stereocenters. The maximum Gasteiger partial charge on any atom is 0.133 e. The SMILES string of the molecule is CC(C)CCC(=O)CCc1nccn1C. The first-order valence-electron chi connectivity index (χ1n) is 5.57. The summed E-state index contributed by atoms with van der Waals surface area (Å²) in [5, 5.41) is 0. The fourth-order valence-corrected chi connectivity index (χ4v) is 1.46. The van der Waals surface area contributed by atoms with E-state index in [2.05, 4.69) is 18.8 Å². The van der Waals surface area contributed by atoms with E-state index in [0.29, 0.717) is 24.5 Å². The maximum atomic E-state index is 11.5. The lowest BCUT2D eigenvalue weighted by Crippen LogP contribution is -2.05. The van der Waals surface area contributed by atoms with E-state index in [1.165, 1.54) is 0 Å². The van der Waals surface area contributed by atoms with Gasteiger partial charge in [0, 0.05) is 38.7 Å². The average Bonchev–Trinajstić information content (AvgIpc) is 2.58. The molecule has 0 aliphatic carbocycles. The molecule has 84 valence electrons. The summed E-state index contributed by atoms with van der Waals surface area (Å²) in [4.78, 5) is 15.7. The molecule has 1 rings (SSSR count). The number of imidazole rings is 1. The molecular weight excluding hydrogens is 188 g/mol. The van der Waals surface area contributed by atoms with Crippen LogP contribution in [0.5, 0.6) is 0 Å². The molecule has 3 heteroatoms. The van der Waals surface area contributed by atoms with Crippen LogP contribution in [0.4, 0.5) is 0 Å². The van der Waals surface area contributed by atoms with Gasteiger partial charge in [-0.05, 0) is 12.3 Å². The first-order valence-corrected chi connectivity index (χ1v) is 5.57. The number of aromatic nitrogens is 2. The van der Waals surface area contributed by atoms with Crippen molar-refractivity contribution < 1.29 is 4.79 Å². The van der Waals surface area contributed by atoms with Crippen LogP contribution < -0.4 is 0 Å². The Bertz CT molecular complexity index is 315. The Labute approximate surface area is 91.5 Å². The third-order valence-electron chi connectivity index (χ3n) is 2.55. The van der Waals surface area contributed by atoms with Gasteiger partial charge in [-0.15, -0.1) is 0 Å². The molecule has 0 fully saturated rings. The molecule has 0 aromatic carbocycles. The van der Waals surface area contributed by atoms with Gasteiger partial charge in [0.05, 0.1) is 0 Å². The van der Waals surface area contributed by atoms with Crippen LogP contribution in [-0.2, 0) is 18.3 Å². The number of carbonyl (C=O) groups is 1. The van der Waals surface area contributed by atoms with E-state index in [0.717, 1.165) is 18.7 Å². The minimum Gasteiger partial charge on any atom is -0.338 e. The van der Waals surface area contributed by atoms with Crippen LogP contribution >= 0.6 is 0 Å². The monoisotopic (exact) mass is 208 g/mol. The Kier molecular flexibility index (Phi) is 4.53. The lowest BCUT2D eigenvalue weighted by Gasteiger charge is -2.04. The topological polar surface area (TPSA) is 34.9 Å². The summed E-state index contributed by atoms with van der Waals surface area (Å²) >= 11 is 0. The van der Waals surface area contributed by atoms with Crippen molar-refractivity contribution in [3.63, 3.8) is 0 Å². The smallest absolute Gasteiger partial charge is 0.133 e. The fraction of sp³-hybridized carbons (Fsp3) is 0.667. The molecule has 0 saturated heterocycles. The van der Waals surface area contributed by atoms with Crippen molar-refractivity contribution in [3.8, 4) is 0 Å². The van der Waals surface area contributed by atoms with Gasteiger partial charge in [0.1, 0.15) is 11.6 Å². The number of ketones is 1. The molecule has 0 spiro atoms. The van der Waals surface area contributed by atoms with Gasteiger partial charge in [0.25, 0.3) is 0 Å². The van der Waals surface area contributed by atoms with E-state index in [1.54, 1.807) is 6.20 Å². The van der Waals surface area contributed by atoms with E-state index in [-0.39, 0.29) is 0 Å². The zero-order valence-electron chi connectivity index (χ0n) is 9.86. The largest absolute Gasteiger partial charge is 0.338 e. The predicted molar refractivity (Wildman–Crippen MR) is 60.6 cm³/mol. The number of Topliss-reactive ketones (excluding diaryl/α,β-unsaturated/α-hetero) is 1. The Morgan fingerprint density at radius 1 is 1.47 bits per heavy atom. The number of rotatable bonds is 6. The molecule has 3 nitrogen and oxygen atoms in total. The molecule has 0 N–H and O–H groups in total. The van der Waals surface area contributed by atoms with Gasteiger partial charge in [0.2, 0.25) is 0 Å². The van der Waals surface area contributed by atoms with Crippen molar-refractivity contribution in [2.45, 2.75) is 39.5 Å². The molecule has 0 bridgehead atoms. The van der Waals surface area contributed by atoms with Gasteiger partial charge in [0.15, 0.2) is 0 Å². The first kappa shape index (κ1) is 12.0. The highest BCUT2D eigenvalue weighted by Crippen LogP contribution is 2.07. The summed E-state index contributed by atoms with van der Waals surface area (Å²) in [6.45, 7) is 4.29. The van der Waals surface area contributed by atoms with Crippen molar-refractivity contribution >= 4 is 5.78 Å². The molecule has 1 heterocycles. The van der Waals surface area contributed by atoms with Crippen molar-refractivity contribution in [3.05, 3.63) is 18.2 Å². The van der Waals surface area contributed by atoms with Crippen molar-refractivity contribution in [1.29, 1.82) is 0 Å². The van der Waals surface area contributed by atoms with Crippen LogP contribution in [0.15, 0.2) is 12.4 Å². The highest BCUT2D eigenvalue weighted by Gasteiger charge is 2.06. The summed E-state index contributed by atoms with van der Waals surface area (Å²) in [6, 6.07) is 0.